The molecule has 3 heteroatoms. The highest BCUT2D eigenvalue weighted by Gasteiger charge is 2.37. The first-order valence-electron chi connectivity index (χ1n) is 16.3. The van der Waals surface area contributed by atoms with E-state index in [9.17, 15) is 5.11 Å². The first kappa shape index (κ1) is 33.4. The Balaban J connectivity index is 1.36. The second kappa shape index (κ2) is 20.8. The molecule has 0 radical (unpaired) electrons. The molecule has 0 aliphatic rings. The smallest absolute Gasteiger partial charge is 0.0907 e. The summed E-state index contributed by atoms with van der Waals surface area (Å²) in [4.78, 5) is 0. The highest BCUT2D eigenvalue weighted by molar-refractivity contribution is 8.00. The lowest BCUT2D eigenvalue weighted by atomic mass is 9.84. The van der Waals surface area contributed by atoms with Crippen LogP contribution in [0.3, 0.4) is 0 Å². The maximum atomic E-state index is 10.9. The third-order valence-corrected chi connectivity index (χ3v) is 9.68. The number of benzene rings is 3. The SMILES string of the molecule is CCCCCCCCCCCCCCCCOCC(O)CSC(c1ccccc1)(c1ccccc1)c1ccccc1. The molecule has 224 valence electrons. The van der Waals surface area contributed by atoms with Gasteiger partial charge in [-0.05, 0) is 23.1 Å². The molecule has 3 aromatic carbocycles. The molecule has 0 aliphatic heterocycles. The van der Waals surface area contributed by atoms with Crippen molar-refractivity contribution >= 4 is 11.8 Å². The Morgan fingerprint density at radius 3 is 1.32 bits per heavy atom. The Labute approximate surface area is 255 Å². The first-order chi connectivity index (χ1) is 20.3. The van der Waals surface area contributed by atoms with E-state index in [1.54, 1.807) is 11.8 Å². The van der Waals surface area contributed by atoms with E-state index in [1.165, 1.54) is 100 Å². The molecule has 1 N–H and O–H groups in total. The summed E-state index contributed by atoms with van der Waals surface area (Å²) in [5, 5.41) is 10.9. The minimum atomic E-state index is -0.512. The standard InChI is InChI=1S/C38H54O2S/c1-2-3-4-5-6-7-8-9-10-11-12-13-14-24-31-40-32-37(39)33-41-38(34-25-18-15-19-26-34,35-27-20-16-21-28-35)36-29-22-17-23-30-36/h15-23,25-30,37,39H,2-14,24,31-33H2,1H3. The Morgan fingerprint density at radius 2 is 0.927 bits per heavy atom. The molecular formula is C38H54O2S. The summed E-state index contributed by atoms with van der Waals surface area (Å²) < 4.78 is 5.52. The summed E-state index contributed by atoms with van der Waals surface area (Å²) in [6, 6.07) is 32.0. The predicted octanol–water partition coefficient (Wildman–Crippen LogP) is 10.6. The van der Waals surface area contributed by atoms with Gasteiger partial charge in [-0.15, -0.1) is 11.8 Å². The van der Waals surface area contributed by atoms with E-state index in [1.807, 2.05) is 0 Å². The minimum absolute atomic E-state index is 0.389. The Bertz CT molecular complexity index is 912. The van der Waals surface area contributed by atoms with Gasteiger partial charge in [0.15, 0.2) is 0 Å². The van der Waals surface area contributed by atoms with Crippen LogP contribution in [-0.4, -0.2) is 30.2 Å². The highest BCUT2D eigenvalue weighted by atomic mass is 32.2. The molecule has 3 rings (SSSR count). The second-order valence-electron chi connectivity index (χ2n) is 11.4. The van der Waals surface area contributed by atoms with Gasteiger partial charge in [-0.1, -0.05) is 181 Å². The van der Waals surface area contributed by atoms with Crippen molar-refractivity contribution in [3.8, 4) is 0 Å². The predicted molar refractivity (Wildman–Crippen MR) is 179 cm³/mol. The van der Waals surface area contributed by atoms with Crippen LogP contribution >= 0.6 is 11.8 Å². The van der Waals surface area contributed by atoms with Crippen LogP contribution in [0.25, 0.3) is 0 Å². The average Bonchev–Trinajstić information content (AvgIpc) is 3.03. The van der Waals surface area contributed by atoms with Gasteiger partial charge in [-0.2, -0.15) is 0 Å². The fraction of sp³-hybridized carbons (Fsp3) is 0.526. The van der Waals surface area contributed by atoms with Gasteiger partial charge in [-0.3, -0.25) is 0 Å². The molecule has 2 nitrogen and oxygen atoms in total. The molecule has 0 saturated heterocycles. The largest absolute Gasteiger partial charge is 0.390 e. The average molecular weight is 575 g/mol. The van der Waals surface area contributed by atoms with Crippen molar-refractivity contribution in [1.82, 2.24) is 0 Å². The number of thioether (sulfide) groups is 1. The Hall–Kier alpha value is -2.07. The van der Waals surface area contributed by atoms with Crippen LogP contribution in [0, 0.1) is 0 Å². The van der Waals surface area contributed by atoms with Crippen molar-refractivity contribution < 1.29 is 9.84 Å². The summed E-state index contributed by atoms with van der Waals surface area (Å²) >= 11 is 1.79. The maximum absolute atomic E-state index is 10.9. The summed E-state index contributed by atoms with van der Waals surface area (Å²) in [5.74, 6) is 0.595. The second-order valence-corrected chi connectivity index (χ2v) is 12.6. The zero-order chi connectivity index (χ0) is 28.9. The third kappa shape index (κ3) is 12.0. The lowest BCUT2D eigenvalue weighted by Crippen LogP contribution is -2.29. The minimum Gasteiger partial charge on any atom is -0.390 e. The molecule has 0 bridgehead atoms. The highest BCUT2D eigenvalue weighted by Crippen LogP contribution is 2.48. The molecule has 41 heavy (non-hydrogen) atoms. The molecule has 1 atom stereocenters. The van der Waals surface area contributed by atoms with Crippen molar-refractivity contribution in [2.45, 2.75) is 108 Å². The van der Waals surface area contributed by atoms with E-state index in [4.69, 9.17) is 4.74 Å². The van der Waals surface area contributed by atoms with Crippen LogP contribution in [-0.2, 0) is 9.48 Å². The lowest BCUT2D eigenvalue weighted by molar-refractivity contribution is 0.0467. The van der Waals surface area contributed by atoms with Gasteiger partial charge >= 0.3 is 0 Å². The first-order valence-corrected chi connectivity index (χ1v) is 17.3. The summed E-state index contributed by atoms with van der Waals surface area (Å²) in [5.41, 5.74) is 3.66. The number of aliphatic hydroxyl groups excluding tert-OH is 1. The molecule has 0 aliphatic carbocycles. The topological polar surface area (TPSA) is 29.5 Å². The number of unbranched alkanes of at least 4 members (excludes halogenated alkanes) is 13. The number of aliphatic hydroxyl groups is 1. The van der Waals surface area contributed by atoms with Crippen molar-refractivity contribution in [2.75, 3.05) is 19.0 Å². The van der Waals surface area contributed by atoms with Crippen molar-refractivity contribution in [3.05, 3.63) is 108 Å². The number of hydrogen-bond donors (Lipinski definition) is 1. The van der Waals surface area contributed by atoms with Gasteiger partial charge < -0.3 is 9.84 Å². The van der Waals surface area contributed by atoms with Crippen LogP contribution in [0.1, 0.15) is 114 Å². The van der Waals surface area contributed by atoms with Gasteiger partial charge in [0, 0.05) is 12.4 Å². The molecule has 0 fully saturated rings. The molecule has 0 amide bonds. The van der Waals surface area contributed by atoms with Crippen molar-refractivity contribution in [3.63, 3.8) is 0 Å². The summed E-state index contributed by atoms with van der Waals surface area (Å²) in [6.45, 7) is 3.41. The van der Waals surface area contributed by atoms with Crippen LogP contribution in [0.2, 0.25) is 0 Å². The van der Waals surface area contributed by atoms with Gasteiger partial charge in [-0.25, -0.2) is 0 Å². The zero-order valence-corrected chi connectivity index (χ0v) is 26.3. The number of rotatable bonds is 23. The van der Waals surface area contributed by atoms with Gasteiger partial charge in [0.1, 0.15) is 0 Å². The number of ether oxygens (including phenoxy) is 1. The van der Waals surface area contributed by atoms with Gasteiger partial charge in [0.05, 0.1) is 17.5 Å². The lowest BCUT2D eigenvalue weighted by Gasteiger charge is -2.36. The van der Waals surface area contributed by atoms with Crippen LogP contribution in [0.15, 0.2) is 91.0 Å². The summed E-state index contributed by atoms with van der Waals surface area (Å²) in [7, 11) is 0. The Morgan fingerprint density at radius 1 is 0.561 bits per heavy atom. The summed E-state index contributed by atoms with van der Waals surface area (Å²) in [6.07, 6.45) is 18.5. The molecule has 0 saturated carbocycles. The molecule has 0 heterocycles. The molecule has 1 unspecified atom stereocenters. The van der Waals surface area contributed by atoms with E-state index in [2.05, 4.69) is 97.9 Å². The van der Waals surface area contributed by atoms with Gasteiger partial charge in [0.2, 0.25) is 0 Å². The van der Waals surface area contributed by atoms with E-state index >= 15 is 0 Å². The fourth-order valence-corrected chi connectivity index (χ4v) is 7.10. The molecule has 0 spiro atoms. The molecular weight excluding hydrogens is 520 g/mol. The van der Waals surface area contributed by atoms with E-state index < -0.39 is 10.9 Å². The maximum Gasteiger partial charge on any atom is 0.0907 e. The van der Waals surface area contributed by atoms with Crippen molar-refractivity contribution in [1.29, 1.82) is 0 Å². The van der Waals surface area contributed by atoms with E-state index in [-0.39, 0.29) is 0 Å². The van der Waals surface area contributed by atoms with Gasteiger partial charge in [0.25, 0.3) is 0 Å². The van der Waals surface area contributed by atoms with Crippen molar-refractivity contribution in [2.24, 2.45) is 0 Å². The van der Waals surface area contributed by atoms with E-state index in [0.717, 1.165) is 13.0 Å². The van der Waals surface area contributed by atoms with Crippen LogP contribution in [0.4, 0.5) is 0 Å². The normalized spacial score (nSPS) is 12.4. The Kier molecular flexibility index (Phi) is 16.9. The molecule has 0 aromatic heterocycles. The molecule has 3 aromatic rings. The number of hydrogen-bond acceptors (Lipinski definition) is 3. The monoisotopic (exact) mass is 574 g/mol. The third-order valence-electron chi connectivity index (χ3n) is 7.99. The van der Waals surface area contributed by atoms with Crippen LogP contribution in [0.5, 0.6) is 0 Å². The quantitative estimate of drug-likeness (QED) is 0.0902. The fourth-order valence-electron chi connectivity index (χ4n) is 5.66. The van der Waals surface area contributed by atoms with E-state index in [0.29, 0.717) is 12.4 Å². The zero-order valence-electron chi connectivity index (χ0n) is 25.5. The van der Waals surface area contributed by atoms with Crippen LogP contribution < -0.4 is 0 Å².